The lowest BCUT2D eigenvalue weighted by Gasteiger charge is -2.31. The van der Waals surface area contributed by atoms with Gasteiger partial charge in [0.1, 0.15) is 11.9 Å². The minimum Gasteiger partial charge on any atom is -0.381 e. The highest BCUT2D eigenvalue weighted by Gasteiger charge is 2.31. The van der Waals surface area contributed by atoms with E-state index in [1.807, 2.05) is 60.3 Å². The summed E-state index contributed by atoms with van der Waals surface area (Å²) in [5.74, 6) is 2.52. The van der Waals surface area contributed by atoms with Crippen LogP contribution < -0.4 is 10.2 Å². The lowest BCUT2D eigenvalue weighted by Crippen LogP contribution is -2.36. The van der Waals surface area contributed by atoms with Gasteiger partial charge in [-0.25, -0.2) is 4.98 Å². The summed E-state index contributed by atoms with van der Waals surface area (Å²) in [6.07, 6.45) is 12.7. The standard InChI is InChI=1S/C24H23ClN4O/c1-3-22(30)29(19-12-13-21(20(25)16-19)27-18-10-7-11-18)23(17-8-5-4-6-9-17)24-26-14-15-28(24)2/h1,4-6,8-9,12-16,18,23,27H,7,10-11H2,2H3. The van der Waals surface area contributed by atoms with Crippen LogP contribution in [-0.2, 0) is 11.8 Å². The predicted molar refractivity (Wildman–Crippen MR) is 121 cm³/mol. The first kappa shape index (κ1) is 20.1. The first-order valence-corrected chi connectivity index (χ1v) is 10.3. The molecule has 1 fully saturated rings. The number of aromatic nitrogens is 2. The number of nitrogens with one attached hydrogen (secondary N) is 1. The lowest BCUT2D eigenvalue weighted by atomic mass is 9.93. The lowest BCUT2D eigenvalue weighted by molar-refractivity contribution is -0.113. The Kier molecular flexibility index (Phi) is 5.78. The van der Waals surface area contributed by atoms with Gasteiger partial charge in [-0.15, -0.1) is 6.42 Å². The third-order valence-corrected chi connectivity index (χ3v) is 5.83. The van der Waals surface area contributed by atoms with Crippen LogP contribution in [0.4, 0.5) is 11.4 Å². The largest absolute Gasteiger partial charge is 0.381 e. The van der Waals surface area contributed by atoms with Gasteiger partial charge in [-0.05, 0) is 48.9 Å². The topological polar surface area (TPSA) is 50.2 Å². The van der Waals surface area contributed by atoms with Crippen LogP contribution in [0, 0.1) is 12.3 Å². The van der Waals surface area contributed by atoms with Gasteiger partial charge in [-0.1, -0.05) is 41.9 Å². The van der Waals surface area contributed by atoms with Crippen molar-refractivity contribution >= 4 is 28.9 Å². The van der Waals surface area contributed by atoms with E-state index in [4.69, 9.17) is 18.0 Å². The molecule has 0 radical (unpaired) electrons. The number of aryl methyl sites for hydroxylation is 1. The zero-order valence-electron chi connectivity index (χ0n) is 16.8. The van der Waals surface area contributed by atoms with Crippen molar-refractivity contribution in [1.29, 1.82) is 0 Å². The molecular formula is C24H23ClN4O. The number of carbonyl (C=O) groups is 1. The second-order valence-corrected chi connectivity index (χ2v) is 7.87. The number of imidazole rings is 1. The Morgan fingerprint density at radius 3 is 2.63 bits per heavy atom. The maximum atomic E-state index is 13.0. The number of nitrogens with zero attached hydrogens (tertiary/aromatic N) is 3. The fraction of sp³-hybridized carbons (Fsp3) is 0.250. The van der Waals surface area contributed by atoms with Crippen LogP contribution in [0.15, 0.2) is 60.9 Å². The van der Waals surface area contributed by atoms with E-state index in [1.54, 1.807) is 17.2 Å². The van der Waals surface area contributed by atoms with Crippen LogP contribution in [0.5, 0.6) is 0 Å². The summed E-state index contributed by atoms with van der Waals surface area (Å²) in [6, 6.07) is 15.3. The van der Waals surface area contributed by atoms with Crippen LogP contribution in [0.25, 0.3) is 0 Å². The summed E-state index contributed by atoms with van der Waals surface area (Å²) < 4.78 is 1.89. The van der Waals surface area contributed by atoms with Crippen molar-refractivity contribution in [2.24, 2.45) is 7.05 Å². The molecule has 3 aromatic rings. The van der Waals surface area contributed by atoms with E-state index < -0.39 is 11.9 Å². The third-order valence-electron chi connectivity index (χ3n) is 5.51. The van der Waals surface area contributed by atoms with Crippen molar-refractivity contribution in [2.45, 2.75) is 31.3 Å². The van der Waals surface area contributed by atoms with Gasteiger partial charge in [0.05, 0.1) is 10.7 Å². The molecule has 1 N–H and O–H groups in total. The minimum absolute atomic E-state index is 0.456. The number of hydrogen-bond donors (Lipinski definition) is 1. The summed E-state index contributed by atoms with van der Waals surface area (Å²) in [7, 11) is 1.90. The van der Waals surface area contributed by atoms with E-state index in [-0.39, 0.29) is 0 Å². The molecule has 1 atom stereocenters. The summed E-state index contributed by atoms with van der Waals surface area (Å²) in [6.45, 7) is 0. The molecule has 0 bridgehead atoms. The molecule has 0 saturated heterocycles. The Labute approximate surface area is 181 Å². The van der Waals surface area contributed by atoms with Crippen LogP contribution in [0.2, 0.25) is 5.02 Å². The Bertz CT molecular complexity index is 1080. The minimum atomic E-state index is -0.490. The molecule has 152 valence electrons. The Morgan fingerprint density at radius 2 is 2.07 bits per heavy atom. The quantitative estimate of drug-likeness (QED) is 0.585. The number of hydrogen-bond acceptors (Lipinski definition) is 3. The highest BCUT2D eigenvalue weighted by Crippen LogP contribution is 2.36. The Hall–Kier alpha value is -3.23. The van der Waals surface area contributed by atoms with Gasteiger partial charge >= 0.3 is 5.91 Å². The number of anilines is 2. The summed E-state index contributed by atoms with van der Waals surface area (Å²) in [4.78, 5) is 19.0. The molecule has 5 nitrogen and oxygen atoms in total. The molecule has 1 aromatic heterocycles. The van der Waals surface area contributed by atoms with Crippen LogP contribution in [-0.4, -0.2) is 21.5 Å². The fourth-order valence-corrected chi connectivity index (χ4v) is 3.92. The van der Waals surface area contributed by atoms with E-state index in [9.17, 15) is 4.79 Å². The summed E-state index contributed by atoms with van der Waals surface area (Å²) >= 11 is 6.58. The maximum Gasteiger partial charge on any atom is 0.303 e. The fourth-order valence-electron chi connectivity index (χ4n) is 3.69. The van der Waals surface area contributed by atoms with Crippen molar-refractivity contribution in [2.75, 3.05) is 10.2 Å². The number of halogens is 1. The average Bonchev–Trinajstić information content (AvgIpc) is 3.15. The molecule has 30 heavy (non-hydrogen) atoms. The smallest absolute Gasteiger partial charge is 0.303 e. The molecule has 4 rings (SSSR count). The molecule has 1 saturated carbocycles. The maximum absolute atomic E-state index is 13.0. The van der Waals surface area contributed by atoms with Crippen molar-refractivity contribution in [3.8, 4) is 12.3 Å². The molecule has 1 unspecified atom stereocenters. The zero-order chi connectivity index (χ0) is 21.1. The number of carbonyl (C=O) groups excluding carboxylic acids is 1. The summed E-state index contributed by atoms with van der Waals surface area (Å²) in [5.41, 5.74) is 2.40. The molecule has 0 spiro atoms. The van der Waals surface area contributed by atoms with Crippen molar-refractivity contribution in [1.82, 2.24) is 9.55 Å². The molecule has 1 aliphatic carbocycles. The van der Waals surface area contributed by atoms with E-state index >= 15 is 0 Å². The SMILES string of the molecule is C#CC(=O)N(c1ccc(NC2CCC2)c(Cl)c1)C(c1ccccc1)c1nccn1C. The van der Waals surface area contributed by atoms with Crippen LogP contribution >= 0.6 is 11.6 Å². The van der Waals surface area contributed by atoms with E-state index in [0.29, 0.717) is 22.6 Å². The van der Waals surface area contributed by atoms with Crippen molar-refractivity contribution in [3.63, 3.8) is 0 Å². The van der Waals surface area contributed by atoms with Gasteiger partial charge < -0.3 is 9.88 Å². The highest BCUT2D eigenvalue weighted by molar-refractivity contribution is 6.33. The monoisotopic (exact) mass is 418 g/mol. The summed E-state index contributed by atoms with van der Waals surface area (Å²) in [5, 5.41) is 4.02. The molecule has 1 heterocycles. The third kappa shape index (κ3) is 3.92. The normalized spacial score (nSPS) is 14.4. The van der Waals surface area contributed by atoms with Gasteiger partial charge in [-0.2, -0.15) is 0 Å². The molecule has 1 aliphatic rings. The zero-order valence-corrected chi connectivity index (χ0v) is 17.5. The van der Waals surface area contributed by atoms with Gasteiger partial charge in [0.25, 0.3) is 0 Å². The van der Waals surface area contributed by atoms with Gasteiger partial charge in [-0.3, -0.25) is 9.69 Å². The Morgan fingerprint density at radius 1 is 1.30 bits per heavy atom. The van der Waals surface area contributed by atoms with E-state index in [2.05, 4.69) is 16.2 Å². The van der Waals surface area contributed by atoms with Gasteiger partial charge in [0, 0.05) is 31.2 Å². The van der Waals surface area contributed by atoms with Crippen LogP contribution in [0.3, 0.4) is 0 Å². The van der Waals surface area contributed by atoms with Crippen LogP contribution in [0.1, 0.15) is 36.7 Å². The Balaban J connectivity index is 1.79. The second-order valence-electron chi connectivity index (χ2n) is 7.47. The molecule has 0 aliphatic heterocycles. The van der Waals surface area contributed by atoms with E-state index in [1.165, 1.54) is 6.42 Å². The highest BCUT2D eigenvalue weighted by atomic mass is 35.5. The predicted octanol–water partition coefficient (Wildman–Crippen LogP) is 4.79. The first-order chi connectivity index (χ1) is 14.6. The molecule has 2 aromatic carbocycles. The van der Waals surface area contributed by atoms with Gasteiger partial charge in [0.2, 0.25) is 0 Å². The number of benzene rings is 2. The second kappa shape index (κ2) is 8.64. The number of amides is 1. The molecule has 1 amide bonds. The average molecular weight is 419 g/mol. The first-order valence-electron chi connectivity index (χ1n) is 9.96. The number of terminal acetylenes is 1. The number of rotatable bonds is 6. The van der Waals surface area contributed by atoms with Gasteiger partial charge in [0.15, 0.2) is 0 Å². The molecule has 6 heteroatoms. The van der Waals surface area contributed by atoms with Crippen molar-refractivity contribution < 1.29 is 4.79 Å². The van der Waals surface area contributed by atoms with E-state index in [0.717, 1.165) is 24.1 Å². The van der Waals surface area contributed by atoms with Crippen molar-refractivity contribution in [3.05, 3.63) is 77.3 Å². The molecular weight excluding hydrogens is 396 g/mol.